The molecule has 0 radical (unpaired) electrons. The van der Waals surface area contributed by atoms with Gasteiger partial charge in [0.1, 0.15) is 5.75 Å². The van der Waals surface area contributed by atoms with Crippen molar-refractivity contribution >= 4 is 59.9 Å². The van der Waals surface area contributed by atoms with Crippen LogP contribution in [-0.2, 0) is 5.33 Å². The standard InChI is InChI=1S/C9H6BrIOS/c10-3-5-4-13-8-2-6(11)1-7(12)9(5)8/h1-2,4,12H,3H2. The molecule has 0 saturated carbocycles. The minimum absolute atomic E-state index is 0.387. The van der Waals surface area contributed by atoms with Gasteiger partial charge in [0.15, 0.2) is 0 Å². The number of halogens is 2. The highest BCUT2D eigenvalue weighted by atomic mass is 127. The number of phenols is 1. The average Bonchev–Trinajstić information content (AvgIpc) is 2.47. The third-order valence-electron chi connectivity index (χ3n) is 1.84. The highest BCUT2D eigenvalue weighted by Gasteiger charge is 2.08. The number of hydrogen-bond acceptors (Lipinski definition) is 2. The minimum atomic E-state index is 0.387. The van der Waals surface area contributed by atoms with Crippen LogP contribution in [0.25, 0.3) is 10.1 Å². The van der Waals surface area contributed by atoms with Gasteiger partial charge in [-0.2, -0.15) is 0 Å². The Hall–Kier alpha value is 0.190. The van der Waals surface area contributed by atoms with E-state index in [1.54, 1.807) is 17.4 Å². The number of benzene rings is 1. The summed E-state index contributed by atoms with van der Waals surface area (Å²) < 4.78 is 2.23. The fourth-order valence-electron chi connectivity index (χ4n) is 1.28. The molecule has 0 spiro atoms. The number of hydrogen-bond donors (Lipinski definition) is 1. The topological polar surface area (TPSA) is 20.2 Å². The van der Waals surface area contributed by atoms with E-state index in [-0.39, 0.29) is 0 Å². The lowest BCUT2D eigenvalue weighted by Gasteiger charge is -1.98. The summed E-state index contributed by atoms with van der Waals surface area (Å²) in [6.07, 6.45) is 0. The Morgan fingerprint density at radius 2 is 2.23 bits per heavy atom. The van der Waals surface area contributed by atoms with E-state index in [1.165, 1.54) is 0 Å². The largest absolute Gasteiger partial charge is 0.507 e. The second-order valence-electron chi connectivity index (χ2n) is 2.69. The van der Waals surface area contributed by atoms with Crippen molar-refractivity contribution in [1.82, 2.24) is 0 Å². The van der Waals surface area contributed by atoms with Gasteiger partial charge in [0.25, 0.3) is 0 Å². The molecule has 0 amide bonds. The molecule has 1 aromatic heterocycles. The van der Waals surface area contributed by atoms with Crippen LogP contribution < -0.4 is 0 Å². The monoisotopic (exact) mass is 368 g/mol. The van der Waals surface area contributed by atoms with Crippen LogP contribution in [0.5, 0.6) is 5.75 Å². The zero-order valence-electron chi connectivity index (χ0n) is 6.55. The maximum absolute atomic E-state index is 9.73. The first-order valence-corrected chi connectivity index (χ1v) is 6.75. The van der Waals surface area contributed by atoms with Gasteiger partial charge in [0.2, 0.25) is 0 Å². The normalized spacial score (nSPS) is 10.9. The van der Waals surface area contributed by atoms with Crippen molar-refractivity contribution in [3.05, 3.63) is 26.6 Å². The van der Waals surface area contributed by atoms with E-state index in [0.717, 1.165) is 24.5 Å². The molecule has 68 valence electrons. The molecule has 0 fully saturated rings. The fraction of sp³-hybridized carbons (Fsp3) is 0.111. The van der Waals surface area contributed by atoms with E-state index in [2.05, 4.69) is 50.0 Å². The summed E-state index contributed by atoms with van der Waals surface area (Å²) in [5.74, 6) is 0.387. The van der Waals surface area contributed by atoms with Crippen molar-refractivity contribution in [1.29, 1.82) is 0 Å². The SMILES string of the molecule is Oc1cc(I)cc2scc(CBr)c12. The first-order chi connectivity index (χ1) is 6.22. The summed E-state index contributed by atoms with van der Waals surface area (Å²) in [5, 5.41) is 13.6. The van der Waals surface area contributed by atoms with Crippen LogP contribution in [0.15, 0.2) is 17.5 Å². The van der Waals surface area contributed by atoms with Crippen molar-refractivity contribution in [3.63, 3.8) is 0 Å². The Bertz CT molecular complexity index is 452. The van der Waals surface area contributed by atoms with Crippen molar-refractivity contribution in [2.45, 2.75) is 5.33 Å². The van der Waals surface area contributed by atoms with Crippen molar-refractivity contribution in [3.8, 4) is 5.75 Å². The molecular formula is C9H6BrIOS. The Labute approximate surface area is 102 Å². The van der Waals surface area contributed by atoms with Gasteiger partial charge in [-0.25, -0.2) is 0 Å². The second kappa shape index (κ2) is 3.74. The molecule has 0 atom stereocenters. The third-order valence-corrected chi connectivity index (χ3v) is 4.04. The zero-order chi connectivity index (χ0) is 9.42. The summed E-state index contributed by atoms with van der Waals surface area (Å²) in [5.41, 5.74) is 1.16. The van der Waals surface area contributed by atoms with E-state index >= 15 is 0 Å². The maximum Gasteiger partial charge on any atom is 0.125 e. The van der Waals surface area contributed by atoms with Gasteiger partial charge in [-0.15, -0.1) is 11.3 Å². The number of fused-ring (bicyclic) bond motifs is 1. The number of rotatable bonds is 1. The van der Waals surface area contributed by atoms with E-state index in [1.807, 2.05) is 0 Å². The first kappa shape index (κ1) is 9.73. The second-order valence-corrected chi connectivity index (χ2v) is 5.41. The average molecular weight is 369 g/mol. The molecule has 1 heterocycles. The predicted octanol–water partition coefficient (Wildman–Crippen LogP) is 4.11. The van der Waals surface area contributed by atoms with Gasteiger partial charge in [-0.3, -0.25) is 0 Å². The van der Waals surface area contributed by atoms with Crippen LogP contribution in [0, 0.1) is 3.57 Å². The fourth-order valence-corrected chi connectivity index (χ4v) is 3.77. The van der Waals surface area contributed by atoms with Crippen molar-refractivity contribution in [2.75, 3.05) is 0 Å². The maximum atomic E-state index is 9.73. The van der Waals surface area contributed by atoms with Crippen molar-refractivity contribution in [2.24, 2.45) is 0 Å². The van der Waals surface area contributed by atoms with Crippen molar-refractivity contribution < 1.29 is 5.11 Å². The molecule has 1 aromatic carbocycles. The van der Waals surface area contributed by atoms with Crippen LogP contribution in [0.1, 0.15) is 5.56 Å². The summed E-state index contributed by atoms with van der Waals surface area (Å²) >= 11 is 7.29. The molecule has 0 saturated heterocycles. The zero-order valence-corrected chi connectivity index (χ0v) is 11.1. The van der Waals surface area contributed by atoms with Crippen LogP contribution in [0.2, 0.25) is 0 Å². The minimum Gasteiger partial charge on any atom is -0.507 e. The van der Waals surface area contributed by atoms with Crippen LogP contribution >= 0.6 is 49.9 Å². The molecule has 0 aliphatic carbocycles. The van der Waals surface area contributed by atoms with Crippen LogP contribution in [-0.4, -0.2) is 5.11 Å². The Kier molecular flexibility index (Phi) is 2.80. The van der Waals surface area contributed by atoms with E-state index in [9.17, 15) is 5.11 Å². The van der Waals surface area contributed by atoms with Gasteiger partial charge >= 0.3 is 0 Å². The lowest BCUT2D eigenvalue weighted by molar-refractivity contribution is 0.481. The highest BCUT2D eigenvalue weighted by Crippen LogP contribution is 2.35. The molecule has 0 aliphatic rings. The number of alkyl halides is 1. The smallest absolute Gasteiger partial charge is 0.125 e. The van der Waals surface area contributed by atoms with Gasteiger partial charge < -0.3 is 5.11 Å². The van der Waals surface area contributed by atoms with Gasteiger partial charge in [-0.05, 0) is 45.7 Å². The Morgan fingerprint density at radius 3 is 2.92 bits per heavy atom. The van der Waals surface area contributed by atoms with Gasteiger partial charge in [0, 0.05) is 19.0 Å². The Balaban J connectivity index is 2.82. The summed E-state index contributed by atoms with van der Waals surface area (Å²) in [6.45, 7) is 0. The highest BCUT2D eigenvalue weighted by molar-refractivity contribution is 14.1. The van der Waals surface area contributed by atoms with Gasteiger partial charge in [0.05, 0.1) is 0 Å². The number of thiophene rings is 1. The van der Waals surface area contributed by atoms with Crippen LogP contribution in [0.3, 0.4) is 0 Å². The molecule has 4 heteroatoms. The third kappa shape index (κ3) is 1.71. The Morgan fingerprint density at radius 1 is 1.46 bits per heavy atom. The molecule has 1 nitrogen and oxygen atoms in total. The summed E-state index contributed by atoms with van der Waals surface area (Å²) in [7, 11) is 0. The molecule has 2 aromatic rings. The number of phenolic OH excluding ortho intramolecular Hbond substituents is 1. The van der Waals surface area contributed by atoms with E-state index in [0.29, 0.717) is 5.75 Å². The van der Waals surface area contributed by atoms with Gasteiger partial charge in [-0.1, -0.05) is 15.9 Å². The summed E-state index contributed by atoms with van der Waals surface area (Å²) in [6, 6.07) is 3.88. The number of aromatic hydroxyl groups is 1. The lowest BCUT2D eigenvalue weighted by Crippen LogP contribution is -1.76. The molecule has 2 rings (SSSR count). The molecule has 0 unspecified atom stereocenters. The molecular weight excluding hydrogens is 363 g/mol. The summed E-state index contributed by atoms with van der Waals surface area (Å²) in [4.78, 5) is 0. The quantitative estimate of drug-likeness (QED) is 0.593. The lowest BCUT2D eigenvalue weighted by atomic mass is 10.2. The van der Waals surface area contributed by atoms with E-state index < -0.39 is 0 Å². The molecule has 1 N–H and O–H groups in total. The molecule has 0 bridgehead atoms. The van der Waals surface area contributed by atoms with E-state index in [4.69, 9.17) is 0 Å². The van der Waals surface area contributed by atoms with Crippen LogP contribution in [0.4, 0.5) is 0 Å². The first-order valence-electron chi connectivity index (χ1n) is 3.67. The molecule has 13 heavy (non-hydrogen) atoms. The molecule has 0 aliphatic heterocycles. The predicted molar refractivity (Wildman–Crippen MR) is 68.8 cm³/mol.